The van der Waals surface area contributed by atoms with Crippen molar-refractivity contribution in [2.45, 2.75) is 11.0 Å². The molecule has 4 heterocycles. The highest BCUT2D eigenvalue weighted by Gasteiger charge is 2.30. The van der Waals surface area contributed by atoms with Crippen molar-refractivity contribution in [3.63, 3.8) is 0 Å². The maximum absolute atomic E-state index is 12.8. The molecule has 1 aliphatic heterocycles. The van der Waals surface area contributed by atoms with E-state index >= 15 is 0 Å². The molecular formula is C16H16ClN5O5S2. The molecule has 29 heavy (non-hydrogen) atoms. The zero-order chi connectivity index (χ0) is 20.6. The van der Waals surface area contributed by atoms with E-state index in [1.165, 1.54) is 10.2 Å². The lowest BCUT2D eigenvalue weighted by molar-refractivity contribution is -0.0679. The lowest BCUT2D eigenvalue weighted by atomic mass is 10.2. The summed E-state index contributed by atoms with van der Waals surface area (Å²) in [6, 6.07) is 3.52. The Hall–Kier alpha value is -2.28. The van der Waals surface area contributed by atoms with Crippen LogP contribution in [0.15, 0.2) is 28.6 Å². The standard InChI is InChI=1S/C16H16ClN5O5S2/c1-29(24,25)12-9-28-14(13(12)17)16(23)21-5-6-26-10(7-21)8-27-22-15-11(19-20-22)3-2-4-18-15/h2-4,9-10H,5-8H2,1H3. The number of fused-ring (bicyclic) bond motifs is 1. The van der Waals surface area contributed by atoms with Crippen LogP contribution < -0.4 is 4.84 Å². The number of rotatable bonds is 5. The van der Waals surface area contributed by atoms with Crippen LogP contribution in [0.25, 0.3) is 11.2 Å². The van der Waals surface area contributed by atoms with E-state index in [2.05, 4.69) is 15.3 Å². The van der Waals surface area contributed by atoms with E-state index in [0.717, 1.165) is 17.6 Å². The number of aromatic nitrogens is 4. The van der Waals surface area contributed by atoms with Crippen LogP contribution in [-0.4, -0.2) is 78.0 Å². The van der Waals surface area contributed by atoms with Crippen LogP contribution in [0.3, 0.4) is 0 Å². The number of halogens is 1. The molecule has 1 saturated heterocycles. The van der Waals surface area contributed by atoms with E-state index in [1.54, 1.807) is 23.2 Å². The van der Waals surface area contributed by atoms with Crippen molar-refractivity contribution in [2.75, 3.05) is 32.6 Å². The van der Waals surface area contributed by atoms with Gasteiger partial charge in [0.1, 0.15) is 23.1 Å². The Morgan fingerprint density at radius 1 is 1.48 bits per heavy atom. The number of hydrogen-bond donors (Lipinski definition) is 0. The predicted octanol–water partition coefficient (Wildman–Crippen LogP) is 0.915. The summed E-state index contributed by atoms with van der Waals surface area (Å²) in [5.74, 6) is -0.337. The van der Waals surface area contributed by atoms with Crippen LogP contribution in [-0.2, 0) is 14.6 Å². The first kappa shape index (κ1) is 20.0. The van der Waals surface area contributed by atoms with Gasteiger partial charge in [0.05, 0.1) is 23.1 Å². The number of thiophene rings is 1. The van der Waals surface area contributed by atoms with Gasteiger partial charge in [0.15, 0.2) is 9.84 Å². The maximum atomic E-state index is 12.8. The molecule has 1 aliphatic rings. The SMILES string of the molecule is CS(=O)(=O)c1csc(C(=O)N2CCOC(COn3nnc4cccnc43)C2)c1Cl. The number of hydrogen-bond acceptors (Lipinski definition) is 9. The van der Waals surface area contributed by atoms with Crippen LogP contribution in [0.2, 0.25) is 5.02 Å². The van der Waals surface area contributed by atoms with E-state index in [4.69, 9.17) is 21.2 Å². The van der Waals surface area contributed by atoms with Gasteiger partial charge >= 0.3 is 0 Å². The first-order chi connectivity index (χ1) is 13.8. The molecular weight excluding hydrogens is 442 g/mol. The molecule has 3 aromatic rings. The second-order valence-corrected chi connectivity index (χ2v) is 9.61. The number of carbonyl (C=O) groups excluding carboxylic acids is 1. The molecule has 3 aromatic heterocycles. The lowest BCUT2D eigenvalue weighted by Crippen LogP contribution is -2.48. The third-order valence-corrected chi connectivity index (χ3v) is 7.14. The Bertz CT molecular complexity index is 1160. The molecule has 0 aromatic carbocycles. The fraction of sp³-hybridized carbons (Fsp3) is 0.375. The molecule has 1 fully saturated rings. The first-order valence-corrected chi connectivity index (χ1v) is 11.7. The fourth-order valence-electron chi connectivity index (χ4n) is 2.86. The van der Waals surface area contributed by atoms with E-state index in [1.807, 2.05) is 0 Å². The average Bonchev–Trinajstić information content (AvgIpc) is 3.29. The molecule has 1 unspecified atom stereocenters. The molecule has 0 bridgehead atoms. The molecule has 0 radical (unpaired) electrons. The number of amides is 1. The van der Waals surface area contributed by atoms with Crippen LogP contribution in [0, 0.1) is 0 Å². The summed E-state index contributed by atoms with van der Waals surface area (Å²) in [6.45, 7) is 1.08. The minimum absolute atomic E-state index is 0.0359. The largest absolute Gasteiger partial charge is 0.391 e. The van der Waals surface area contributed by atoms with E-state index in [-0.39, 0.29) is 33.9 Å². The van der Waals surface area contributed by atoms with Gasteiger partial charge in [-0.1, -0.05) is 16.4 Å². The van der Waals surface area contributed by atoms with Crippen LogP contribution in [0.5, 0.6) is 0 Å². The van der Waals surface area contributed by atoms with Crippen molar-refractivity contribution in [2.24, 2.45) is 0 Å². The predicted molar refractivity (Wildman–Crippen MR) is 105 cm³/mol. The summed E-state index contributed by atoms with van der Waals surface area (Å²) < 4.78 is 29.2. The molecule has 13 heteroatoms. The summed E-state index contributed by atoms with van der Waals surface area (Å²) in [5.41, 5.74) is 1.08. The molecule has 0 aliphatic carbocycles. The van der Waals surface area contributed by atoms with Gasteiger partial charge in [-0.15, -0.1) is 16.4 Å². The Morgan fingerprint density at radius 2 is 2.31 bits per heavy atom. The quantitative estimate of drug-likeness (QED) is 0.555. The monoisotopic (exact) mass is 457 g/mol. The van der Waals surface area contributed by atoms with Crippen molar-refractivity contribution in [1.29, 1.82) is 0 Å². The topological polar surface area (TPSA) is 117 Å². The average molecular weight is 458 g/mol. The Kier molecular flexibility index (Phi) is 5.42. The number of ether oxygens (including phenoxy) is 1. The summed E-state index contributed by atoms with van der Waals surface area (Å²) >= 11 is 7.16. The zero-order valence-corrected chi connectivity index (χ0v) is 17.6. The molecule has 4 rings (SSSR count). The fourth-order valence-corrected chi connectivity index (χ4v) is 5.73. The molecule has 1 atom stereocenters. The highest BCUT2D eigenvalue weighted by molar-refractivity contribution is 7.91. The number of sulfone groups is 1. The summed E-state index contributed by atoms with van der Waals surface area (Å²) in [6.07, 6.45) is 2.27. The van der Waals surface area contributed by atoms with Crippen LogP contribution >= 0.6 is 22.9 Å². The first-order valence-electron chi connectivity index (χ1n) is 8.52. The van der Waals surface area contributed by atoms with Gasteiger partial charge in [0.25, 0.3) is 5.91 Å². The Morgan fingerprint density at radius 3 is 3.07 bits per heavy atom. The van der Waals surface area contributed by atoms with Gasteiger partial charge in [-0.05, 0) is 17.3 Å². The van der Waals surface area contributed by atoms with Gasteiger partial charge in [0, 0.05) is 24.4 Å². The third kappa shape index (κ3) is 4.06. The number of morpholine rings is 1. The van der Waals surface area contributed by atoms with Gasteiger partial charge in [-0.2, -0.15) is 0 Å². The van der Waals surface area contributed by atoms with Gasteiger partial charge < -0.3 is 14.5 Å². The van der Waals surface area contributed by atoms with E-state index < -0.39 is 15.9 Å². The van der Waals surface area contributed by atoms with Crippen molar-refractivity contribution in [3.05, 3.63) is 33.6 Å². The molecule has 1 amide bonds. The lowest BCUT2D eigenvalue weighted by Gasteiger charge is -2.32. The highest BCUT2D eigenvalue weighted by Crippen LogP contribution is 2.32. The number of nitrogens with zero attached hydrogens (tertiary/aromatic N) is 5. The normalized spacial score (nSPS) is 17.6. The van der Waals surface area contributed by atoms with Crippen molar-refractivity contribution < 1.29 is 22.8 Å². The third-order valence-electron chi connectivity index (χ3n) is 4.28. The Balaban J connectivity index is 1.43. The van der Waals surface area contributed by atoms with E-state index in [0.29, 0.717) is 24.3 Å². The number of pyridine rings is 1. The van der Waals surface area contributed by atoms with Crippen LogP contribution in [0.1, 0.15) is 9.67 Å². The summed E-state index contributed by atoms with van der Waals surface area (Å²) in [4.78, 5) is 25.6. The molecule has 0 N–H and O–H groups in total. The van der Waals surface area contributed by atoms with Crippen LogP contribution in [0.4, 0.5) is 0 Å². The smallest absolute Gasteiger partial charge is 0.265 e. The van der Waals surface area contributed by atoms with Crippen molar-refractivity contribution in [1.82, 2.24) is 25.0 Å². The van der Waals surface area contributed by atoms with Gasteiger partial charge in [0.2, 0.25) is 5.65 Å². The molecule has 0 saturated carbocycles. The minimum Gasteiger partial charge on any atom is -0.391 e. The zero-order valence-electron chi connectivity index (χ0n) is 15.2. The van der Waals surface area contributed by atoms with E-state index in [9.17, 15) is 13.2 Å². The Labute approximate surface area is 174 Å². The van der Waals surface area contributed by atoms with Crippen molar-refractivity contribution in [3.8, 4) is 0 Å². The molecule has 10 nitrogen and oxygen atoms in total. The highest BCUT2D eigenvalue weighted by atomic mass is 35.5. The second-order valence-electron chi connectivity index (χ2n) is 6.36. The van der Waals surface area contributed by atoms with Crippen molar-refractivity contribution >= 4 is 49.8 Å². The number of carbonyl (C=O) groups is 1. The van der Waals surface area contributed by atoms with Gasteiger partial charge in [-0.25, -0.2) is 13.4 Å². The minimum atomic E-state index is -3.50. The van der Waals surface area contributed by atoms with Gasteiger partial charge in [-0.3, -0.25) is 4.79 Å². The summed E-state index contributed by atoms with van der Waals surface area (Å²) in [5, 5.41) is 9.19. The molecule has 0 spiro atoms. The second kappa shape index (κ2) is 7.86. The summed E-state index contributed by atoms with van der Waals surface area (Å²) in [7, 11) is -3.50. The maximum Gasteiger partial charge on any atom is 0.265 e. The molecule has 154 valence electrons.